The fourth-order valence-electron chi connectivity index (χ4n) is 3.61. The van der Waals surface area contributed by atoms with Crippen LogP contribution in [-0.4, -0.2) is 39.2 Å². The summed E-state index contributed by atoms with van der Waals surface area (Å²) in [6, 6.07) is 2.56. The number of furan rings is 1. The van der Waals surface area contributed by atoms with Crippen molar-refractivity contribution in [3.63, 3.8) is 0 Å². The highest BCUT2D eigenvalue weighted by atomic mass is 16.3. The minimum Gasteiger partial charge on any atom is -0.472 e. The molecule has 2 fully saturated rings. The second kappa shape index (κ2) is 4.73. The molecule has 0 radical (unpaired) electrons. The van der Waals surface area contributed by atoms with Crippen molar-refractivity contribution < 1.29 is 9.21 Å². The Labute approximate surface area is 122 Å². The minimum absolute atomic E-state index is 0.204. The summed E-state index contributed by atoms with van der Waals surface area (Å²) in [6.07, 6.45) is 8.78. The van der Waals surface area contributed by atoms with Gasteiger partial charge in [-0.15, -0.1) is 0 Å². The normalized spacial score (nSPS) is 25.8. The van der Waals surface area contributed by atoms with Crippen molar-refractivity contribution in [1.82, 2.24) is 14.7 Å². The Morgan fingerprint density at radius 3 is 3.05 bits per heavy atom. The van der Waals surface area contributed by atoms with Gasteiger partial charge in [0, 0.05) is 44.4 Å². The summed E-state index contributed by atoms with van der Waals surface area (Å²) < 4.78 is 6.88. The predicted molar refractivity (Wildman–Crippen MR) is 76.6 cm³/mol. The van der Waals surface area contributed by atoms with Gasteiger partial charge < -0.3 is 9.32 Å². The summed E-state index contributed by atoms with van der Waals surface area (Å²) >= 11 is 0. The molecule has 4 heterocycles. The van der Waals surface area contributed by atoms with Crippen LogP contribution in [0.25, 0.3) is 0 Å². The van der Waals surface area contributed by atoms with Gasteiger partial charge >= 0.3 is 0 Å². The number of anilines is 1. The van der Waals surface area contributed by atoms with E-state index in [2.05, 4.69) is 10.00 Å². The third-order valence-corrected chi connectivity index (χ3v) is 4.54. The van der Waals surface area contributed by atoms with E-state index < -0.39 is 0 Å². The average Bonchev–Trinajstić information content (AvgIpc) is 3.18. The van der Waals surface area contributed by atoms with Crippen molar-refractivity contribution >= 4 is 11.6 Å². The van der Waals surface area contributed by atoms with Crippen LogP contribution in [0.3, 0.4) is 0 Å². The van der Waals surface area contributed by atoms with Gasteiger partial charge in [0.2, 0.25) is 5.91 Å². The van der Waals surface area contributed by atoms with Crippen LogP contribution in [0.1, 0.15) is 18.4 Å². The van der Waals surface area contributed by atoms with E-state index in [9.17, 15) is 4.79 Å². The van der Waals surface area contributed by atoms with Gasteiger partial charge in [-0.3, -0.25) is 14.4 Å². The van der Waals surface area contributed by atoms with Gasteiger partial charge in [0.05, 0.1) is 30.5 Å². The summed E-state index contributed by atoms with van der Waals surface area (Å²) in [4.78, 5) is 16.7. The van der Waals surface area contributed by atoms with E-state index in [0.717, 1.165) is 25.2 Å². The summed E-state index contributed by atoms with van der Waals surface area (Å²) in [7, 11) is 1.88. The first-order chi connectivity index (χ1) is 10.2. The quantitative estimate of drug-likeness (QED) is 0.855. The van der Waals surface area contributed by atoms with Crippen LogP contribution in [0.2, 0.25) is 0 Å². The molecule has 2 aromatic heterocycles. The van der Waals surface area contributed by atoms with Crippen LogP contribution >= 0.6 is 0 Å². The molecule has 6 nitrogen and oxygen atoms in total. The number of hydrogen-bond acceptors (Lipinski definition) is 4. The highest BCUT2D eigenvalue weighted by Gasteiger charge is 2.47. The summed E-state index contributed by atoms with van der Waals surface area (Å²) in [6.45, 7) is 1.87. The molecule has 2 aliphatic rings. The van der Waals surface area contributed by atoms with Crippen molar-refractivity contribution in [2.75, 3.05) is 11.4 Å². The Morgan fingerprint density at radius 1 is 1.43 bits per heavy atom. The molecule has 0 spiro atoms. The Bertz CT molecular complexity index is 648. The molecule has 2 atom stereocenters. The SMILES string of the molecule is Cn1cc(N2C(=O)C[C@@H]3[C@@H]2CCN3Cc2ccoc2)cn1. The maximum Gasteiger partial charge on any atom is 0.229 e. The molecule has 4 rings (SSSR count). The summed E-state index contributed by atoms with van der Waals surface area (Å²) in [5.41, 5.74) is 2.09. The van der Waals surface area contributed by atoms with E-state index in [0.29, 0.717) is 12.5 Å². The Morgan fingerprint density at radius 2 is 2.33 bits per heavy atom. The van der Waals surface area contributed by atoms with E-state index in [1.807, 2.05) is 24.2 Å². The molecule has 2 aliphatic heterocycles. The molecule has 0 aliphatic carbocycles. The number of carbonyl (C=O) groups is 1. The maximum atomic E-state index is 12.4. The third kappa shape index (κ3) is 2.06. The highest BCUT2D eigenvalue weighted by molar-refractivity contribution is 5.97. The fraction of sp³-hybridized carbons (Fsp3) is 0.467. The van der Waals surface area contributed by atoms with Gasteiger partial charge in [-0.05, 0) is 12.5 Å². The fourth-order valence-corrected chi connectivity index (χ4v) is 3.61. The second-order valence-electron chi connectivity index (χ2n) is 5.87. The molecular formula is C15H18N4O2. The van der Waals surface area contributed by atoms with Crippen molar-refractivity contribution in [1.29, 1.82) is 0 Å². The number of fused-ring (bicyclic) bond motifs is 1. The van der Waals surface area contributed by atoms with Gasteiger partial charge in [-0.25, -0.2) is 0 Å². The number of rotatable bonds is 3. The number of carbonyl (C=O) groups excluding carboxylic acids is 1. The standard InChI is InChI=1S/C15H18N4O2/c1-17-9-12(7-16-17)19-13-2-4-18(14(13)6-15(19)20)8-11-3-5-21-10-11/h3,5,7,9-10,13-14H,2,4,6,8H2,1H3/t13-,14+/m0/s1. The zero-order valence-electron chi connectivity index (χ0n) is 12.0. The molecule has 2 aromatic rings. The topological polar surface area (TPSA) is 54.5 Å². The van der Waals surface area contributed by atoms with Crippen molar-refractivity contribution in [3.05, 3.63) is 36.5 Å². The molecule has 21 heavy (non-hydrogen) atoms. The maximum absolute atomic E-state index is 12.4. The molecule has 110 valence electrons. The molecular weight excluding hydrogens is 268 g/mol. The summed E-state index contributed by atoms with van der Waals surface area (Å²) in [5.74, 6) is 0.204. The van der Waals surface area contributed by atoms with Crippen LogP contribution in [0, 0.1) is 0 Å². The van der Waals surface area contributed by atoms with Crippen LogP contribution in [0.15, 0.2) is 35.4 Å². The van der Waals surface area contributed by atoms with Gasteiger partial charge in [0.15, 0.2) is 0 Å². The number of likely N-dealkylation sites (tertiary alicyclic amines) is 1. The van der Waals surface area contributed by atoms with Gasteiger partial charge in [0.1, 0.15) is 0 Å². The minimum atomic E-state index is 0.204. The zero-order chi connectivity index (χ0) is 14.4. The predicted octanol–water partition coefficient (Wildman–Crippen LogP) is 1.39. The van der Waals surface area contributed by atoms with Crippen molar-refractivity contribution in [2.45, 2.75) is 31.5 Å². The molecule has 0 N–H and O–H groups in total. The number of amides is 1. The van der Waals surface area contributed by atoms with Crippen molar-refractivity contribution in [2.24, 2.45) is 7.05 Å². The average molecular weight is 286 g/mol. The number of aromatic nitrogens is 2. The Hall–Kier alpha value is -2.08. The van der Waals surface area contributed by atoms with Crippen LogP contribution < -0.4 is 4.90 Å². The molecule has 0 aromatic carbocycles. The smallest absolute Gasteiger partial charge is 0.229 e. The zero-order valence-corrected chi connectivity index (χ0v) is 12.0. The largest absolute Gasteiger partial charge is 0.472 e. The van der Waals surface area contributed by atoms with Gasteiger partial charge in [0.25, 0.3) is 0 Å². The van der Waals surface area contributed by atoms with E-state index in [1.165, 1.54) is 5.56 Å². The first-order valence-corrected chi connectivity index (χ1v) is 7.28. The van der Waals surface area contributed by atoms with E-state index in [-0.39, 0.29) is 11.9 Å². The third-order valence-electron chi connectivity index (χ3n) is 4.54. The lowest BCUT2D eigenvalue weighted by atomic mass is 10.1. The molecule has 1 amide bonds. The van der Waals surface area contributed by atoms with Crippen LogP contribution in [-0.2, 0) is 18.4 Å². The lowest BCUT2D eigenvalue weighted by Gasteiger charge is -2.24. The van der Waals surface area contributed by atoms with Crippen molar-refractivity contribution in [3.8, 4) is 0 Å². The first-order valence-electron chi connectivity index (χ1n) is 7.28. The van der Waals surface area contributed by atoms with Crippen LogP contribution in [0.5, 0.6) is 0 Å². The van der Waals surface area contributed by atoms with Crippen LogP contribution in [0.4, 0.5) is 5.69 Å². The molecule has 0 saturated carbocycles. The highest BCUT2D eigenvalue weighted by Crippen LogP contribution is 2.36. The number of aryl methyl sites for hydroxylation is 1. The second-order valence-corrected chi connectivity index (χ2v) is 5.87. The van der Waals surface area contributed by atoms with E-state index >= 15 is 0 Å². The monoisotopic (exact) mass is 286 g/mol. The summed E-state index contributed by atoms with van der Waals surface area (Å²) in [5, 5.41) is 4.19. The van der Waals surface area contributed by atoms with Gasteiger partial charge in [-0.2, -0.15) is 5.10 Å². The number of hydrogen-bond donors (Lipinski definition) is 0. The Kier molecular flexibility index (Phi) is 2.85. The molecule has 2 saturated heterocycles. The Balaban J connectivity index is 1.55. The van der Waals surface area contributed by atoms with Gasteiger partial charge in [-0.1, -0.05) is 0 Å². The lowest BCUT2D eigenvalue weighted by Crippen LogP contribution is -2.37. The van der Waals surface area contributed by atoms with E-state index in [1.54, 1.807) is 23.4 Å². The lowest BCUT2D eigenvalue weighted by molar-refractivity contribution is -0.117. The molecule has 0 bridgehead atoms. The molecule has 0 unspecified atom stereocenters. The first kappa shape index (κ1) is 12.6. The van der Waals surface area contributed by atoms with E-state index in [4.69, 9.17) is 4.42 Å². The molecule has 6 heteroatoms. The number of nitrogens with zero attached hydrogens (tertiary/aromatic N) is 4.